The van der Waals surface area contributed by atoms with Crippen molar-refractivity contribution in [1.82, 2.24) is 0 Å². The van der Waals surface area contributed by atoms with Crippen LogP contribution in [-0.4, -0.2) is 31.4 Å². The lowest BCUT2D eigenvalue weighted by molar-refractivity contribution is -0.132. The van der Waals surface area contributed by atoms with Crippen molar-refractivity contribution in [2.24, 2.45) is 0 Å². The number of ether oxygens (including phenoxy) is 2. The maximum atomic E-state index is 10.4. The molecule has 0 saturated heterocycles. The predicted octanol–water partition coefficient (Wildman–Crippen LogP) is 2.78. The van der Waals surface area contributed by atoms with Crippen molar-refractivity contribution in [3.05, 3.63) is 36.1 Å². The molecule has 0 atom stereocenters. The fourth-order valence-electron chi connectivity index (χ4n) is 0.725. The molecule has 0 unspecified atom stereocenters. The normalized spacial score (nSPS) is 10.7. The molecule has 0 fully saturated rings. The van der Waals surface area contributed by atoms with Gasteiger partial charge in [0, 0.05) is 7.11 Å². The number of carboxylic acids is 1. The molecule has 0 aliphatic heterocycles. The van der Waals surface area contributed by atoms with Gasteiger partial charge < -0.3 is 14.6 Å². The molecule has 0 aromatic carbocycles. The minimum Gasteiger partial charge on any atom is -0.492 e. The average molecular weight is 242 g/mol. The predicted molar refractivity (Wildman–Crippen MR) is 68.8 cm³/mol. The number of rotatable bonds is 7. The Morgan fingerprint density at radius 2 is 1.88 bits per heavy atom. The summed E-state index contributed by atoms with van der Waals surface area (Å²) in [6, 6.07) is 0. The smallest absolute Gasteiger partial charge is 0.335 e. The van der Waals surface area contributed by atoms with E-state index in [1.165, 1.54) is 6.08 Å². The van der Waals surface area contributed by atoms with Crippen molar-refractivity contribution in [3.8, 4) is 0 Å². The Balaban J connectivity index is 0. The monoisotopic (exact) mass is 242 g/mol. The molecule has 0 rings (SSSR count). The fraction of sp³-hybridized carbons (Fsp3) is 0.462. The number of allylic oxidation sites excluding steroid dienone is 2. The Kier molecular flexibility index (Phi) is 13.1. The van der Waals surface area contributed by atoms with Gasteiger partial charge in [0.2, 0.25) is 0 Å². The zero-order valence-electron chi connectivity index (χ0n) is 11.0. The standard InChI is InChI=1S/C11H16O4.C2H6/c1-4-10(15-8-7-14-3)6-5-9(2)11(12)13;1-2/h4-6H,2,7-8H2,1,3H3,(H,12,13);1-2H3/b6-5-,10-4+;. The lowest BCUT2D eigenvalue weighted by Gasteiger charge is -2.05. The molecule has 17 heavy (non-hydrogen) atoms. The third kappa shape index (κ3) is 10.7. The molecule has 0 radical (unpaired) electrons. The van der Waals surface area contributed by atoms with Gasteiger partial charge in [-0.25, -0.2) is 4.79 Å². The molecule has 4 nitrogen and oxygen atoms in total. The maximum absolute atomic E-state index is 10.4. The highest BCUT2D eigenvalue weighted by Crippen LogP contribution is 2.02. The van der Waals surface area contributed by atoms with Gasteiger partial charge in [0.15, 0.2) is 0 Å². The van der Waals surface area contributed by atoms with Gasteiger partial charge in [-0.3, -0.25) is 0 Å². The summed E-state index contributed by atoms with van der Waals surface area (Å²) in [4.78, 5) is 10.4. The van der Waals surface area contributed by atoms with Crippen molar-refractivity contribution in [2.75, 3.05) is 20.3 Å². The summed E-state index contributed by atoms with van der Waals surface area (Å²) in [5, 5.41) is 8.55. The highest BCUT2D eigenvalue weighted by atomic mass is 16.5. The van der Waals surface area contributed by atoms with E-state index in [4.69, 9.17) is 14.6 Å². The van der Waals surface area contributed by atoms with Crippen molar-refractivity contribution in [2.45, 2.75) is 20.8 Å². The Morgan fingerprint density at radius 1 is 1.29 bits per heavy atom. The van der Waals surface area contributed by atoms with Gasteiger partial charge in [-0.05, 0) is 25.2 Å². The third-order valence-corrected chi connectivity index (χ3v) is 1.56. The lowest BCUT2D eigenvalue weighted by Crippen LogP contribution is -2.01. The summed E-state index contributed by atoms with van der Waals surface area (Å²) >= 11 is 0. The molecule has 0 saturated carbocycles. The number of methoxy groups -OCH3 is 1. The van der Waals surface area contributed by atoms with E-state index >= 15 is 0 Å². The first-order valence-electron chi connectivity index (χ1n) is 5.50. The fourth-order valence-corrected chi connectivity index (χ4v) is 0.725. The molecule has 0 heterocycles. The van der Waals surface area contributed by atoms with Crippen LogP contribution in [0.15, 0.2) is 36.1 Å². The largest absolute Gasteiger partial charge is 0.492 e. The first kappa shape index (κ1) is 17.8. The van der Waals surface area contributed by atoms with Gasteiger partial charge in [-0.15, -0.1) is 0 Å². The van der Waals surface area contributed by atoms with E-state index in [0.29, 0.717) is 19.0 Å². The second kappa shape index (κ2) is 12.5. The van der Waals surface area contributed by atoms with Crippen molar-refractivity contribution < 1.29 is 19.4 Å². The summed E-state index contributed by atoms with van der Waals surface area (Å²) < 4.78 is 10.1. The van der Waals surface area contributed by atoms with E-state index in [-0.39, 0.29) is 5.57 Å². The summed E-state index contributed by atoms with van der Waals surface area (Å²) in [6.07, 6.45) is 4.69. The second-order valence-corrected chi connectivity index (χ2v) is 2.70. The number of carboxylic acid groups (broad SMARTS) is 1. The van der Waals surface area contributed by atoms with Crippen LogP contribution in [0, 0.1) is 0 Å². The number of hydrogen-bond donors (Lipinski definition) is 1. The summed E-state index contributed by atoms with van der Waals surface area (Å²) in [7, 11) is 1.58. The van der Waals surface area contributed by atoms with Gasteiger partial charge in [0.05, 0.1) is 12.2 Å². The molecule has 98 valence electrons. The van der Waals surface area contributed by atoms with Gasteiger partial charge >= 0.3 is 5.97 Å². The first-order chi connectivity index (χ1) is 8.11. The van der Waals surface area contributed by atoms with Gasteiger partial charge in [-0.1, -0.05) is 20.4 Å². The molecular formula is C13H22O4. The minimum absolute atomic E-state index is 0.0182. The van der Waals surface area contributed by atoms with Crippen molar-refractivity contribution >= 4 is 5.97 Å². The minimum atomic E-state index is -1.04. The lowest BCUT2D eigenvalue weighted by atomic mass is 10.2. The van der Waals surface area contributed by atoms with E-state index in [0.717, 1.165) is 0 Å². The van der Waals surface area contributed by atoms with Gasteiger partial charge in [-0.2, -0.15) is 0 Å². The Morgan fingerprint density at radius 3 is 2.29 bits per heavy atom. The van der Waals surface area contributed by atoms with Crippen LogP contribution < -0.4 is 0 Å². The Hall–Kier alpha value is -1.55. The SMILES string of the molecule is C=C(/C=C\C(=C/C)OCCOC)C(=O)O.CC. The van der Waals surface area contributed by atoms with E-state index in [1.807, 2.05) is 13.8 Å². The molecule has 0 spiro atoms. The van der Waals surface area contributed by atoms with E-state index in [2.05, 4.69) is 6.58 Å². The van der Waals surface area contributed by atoms with Crippen LogP contribution in [0.4, 0.5) is 0 Å². The molecule has 0 aliphatic rings. The topological polar surface area (TPSA) is 55.8 Å². The molecule has 0 bridgehead atoms. The zero-order chi connectivity index (χ0) is 13.7. The van der Waals surface area contributed by atoms with Crippen LogP contribution in [0.25, 0.3) is 0 Å². The van der Waals surface area contributed by atoms with Crippen LogP contribution in [0.1, 0.15) is 20.8 Å². The number of aliphatic carboxylic acids is 1. The summed E-state index contributed by atoms with van der Waals surface area (Å²) in [5.74, 6) is -0.451. The van der Waals surface area contributed by atoms with Crippen molar-refractivity contribution in [3.63, 3.8) is 0 Å². The molecule has 1 N–H and O–H groups in total. The van der Waals surface area contributed by atoms with Crippen LogP contribution in [-0.2, 0) is 14.3 Å². The molecule has 0 aromatic rings. The molecule has 4 heteroatoms. The van der Waals surface area contributed by atoms with E-state index in [1.54, 1.807) is 26.2 Å². The third-order valence-electron chi connectivity index (χ3n) is 1.56. The highest BCUT2D eigenvalue weighted by molar-refractivity contribution is 5.89. The Bertz CT molecular complexity index is 277. The summed E-state index contributed by atoms with van der Waals surface area (Å²) in [5.41, 5.74) is 0.0182. The van der Waals surface area contributed by atoms with Gasteiger partial charge in [0.25, 0.3) is 0 Å². The number of carbonyl (C=O) groups is 1. The van der Waals surface area contributed by atoms with Crippen LogP contribution >= 0.6 is 0 Å². The van der Waals surface area contributed by atoms with E-state index < -0.39 is 5.97 Å². The average Bonchev–Trinajstić information content (AvgIpc) is 2.35. The quantitative estimate of drug-likeness (QED) is 0.323. The second-order valence-electron chi connectivity index (χ2n) is 2.70. The van der Waals surface area contributed by atoms with E-state index in [9.17, 15) is 4.79 Å². The highest BCUT2D eigenvalue weighted by Gasteiger charge is 1.98. The molecule has 0 aliphatic carbocycles. The van der Waals surface area contributed by atoms with Crippen LogP contribution in [0.2, 0.25) is 0 Å². The maximum Gasteiger partial charge on any atom is 0.335 e. The summed E-state index contributed by atoms with van der Waals surface area (Å²) in [6.45, 7) is 10.1. The van der Waals surface area contributed by atoms with Crippen molar-refractivity contribution in [1.29, 1.82) is 0 Å². The Labute approximate surface area is 103 Å². The first-order valence-corrected chi connectivity index (χ1v) is 5.50. The molecular weight excluding hydrogens is 220 g/mol. The molecule has 0 amide bonds. The molecule has 0 aromatic heterocycles. The van der Waals surface area contributed by atoms with Crippen LogP contribution in [0.5, 0.6) is 0 Å². The zero-order valence-corrected chi connectivity index (χ0v) is 11.0. The van der Waals surface area contributed by atoms with Crippen LogP contribution in [0.3, 0.4) is 0 Å². The number of hydrogen-bond acceptors (Lipinski definition) is 3. The van der Waals surface area contributed by atoms with Gasteiger partial charge in [0.1, 0.15) is 12.4 Å².